The summed E-state index contributed by atoms with van der Waals surface area (Å²) < 4.78 is 17.9. The minimum Gasteiger partial charge on any atom is -0.495 e. The van der Waals surface area contributed by atoms with E-state index in [4.69, 9.17) is 16.3 Å². The van der Waals surface area contributed by atoms with E-state index in [-0.39, 0.29) is 5.82 Å². The van der Waals surface area contributed by atoms with Gasteiger partial charge in [-0.15, -0.1) is 11.8 Å². The van der Waals surface area contributed by atoms with Gasteiger partial charge in [0.25, 0.3) is 0 Å². The number of thioether (sulfide) groups is 1. The van der Waals surface area contributed by atoms with Gasteiger partial charge in [0.05, 0.1) is 12.1 Å². The van der Waals surface area contributed by atoms with Gasteiger partial charge >= 0.3 is 0 Å². The summed E-state index contributed by atoms with van der Waals surface area (Å²) in [4.78, 5) is 0.538. The molecule has 0 amide bonds. The Balaban J connectivity index is 3.18. The third-order valence-electron chi connectivity index (χ3n) is 1.43. The number of halogens is 2. The van der Waals surface area contributed by atoms with Crippen LogP contribution in [0.25, 0.3) is 0 Å². The molecule has 0 aromatic heterocycles. The molecule has 0 spiro atoms. The molecule has 0 N–H and O–H groups in total. The Morgan fingerprint density at radius 3 is 2.67 bits per heavy atom. The van der Waals surface area contributed by atoms with Gasteiger partial charge in [0.15, 0.2) is 0 Å². The first kappa shape index (κ1) is 9.68. The van der Waals surface area contributed by atoms with E-state index < -0.39 is 0 Å². The summed E-state index contributed by atoms with van der Waals surface area (Å²) in [6.07, 6.45) is 1.80. The van der Waals surface area contributed by atoms with E-state index in [9.17, 15) is 4.39 Å². The van der Waals surface area contributed by atoms with E-state index in [1.54, 1.807) is 12.3 Å². The molecule has 0 bridgehead atoms. The molecule has 0 saturated carbocycles. The van der Waals surface area contributed by atoms with Crippen molar-refractivity contribution in [2.75, 3.05) is 13.4 Å². The Morgan fingerprint density at radius 2 is 2.17 bits per heavy atom. The molecule has 0 fully saturated rings. The number of hydrogen-bond donors (Lipinski definition) is 0. The fraction of sp³-hybridized carbons (Fsp3) is 0.250. The normalized spacial score (nSPS) is 10.0. The zero-order valence-electron chi connectivity index (χ0n) is 6.73. The number of ether oxygens (including phenoxy) is 1. The van der Waals surface area contributed by atoms with Crippen molar-refractivity contribution < 1.29 is 9.13 Å². The highest BCUT2D eigenvalue weighted by Crippen LogP contribution is 2.31. The number of hydrogen-bond acceptors (Lipinski definition) is 2. The standard InChI is InChI=1S/C8H8ClFOS/c1-11-7-4-8(12-2)6(10)3-5(7)9/h3-4H,1-2H3. The third kappa shape index (κ3) is 1.84. The predicted octanol–water partition coefficient (Wildman–Crippen LogP) is 3.21. The minimum atomic E-state index is -0.312. The van der Waals surface area contributed by atoms with Gasteiger partial charge in [-0.2, -0.15) is 0 Å². The highest BCUT2D eigenvalue weighted by atomic mass is 35.5. The predicted molar refractivity (Wildman–Crippen MR) is 49.7 cm³/mol. The van der Waals surface area contributed by atoms with Gasteiger partial charge < -0.3 is 4.74 Å². The van der Waals surface area contributed by atoms with Crippen molar-refractivity contribution in [3.8, 4) is 5.75 Å². The molecule has 4 heteroatoms. The van der Waals surface area contributed by atoms with Crippen LogP contribution in [0.3, 0.4) is 0 Å². The van der Waals surface area contributed by atoms with E-state index in [2.05, 4.69) is 0 Å². The summed E-state index contributed by atoms with van der Waals surface area (Å²) in [5, 5.41) is 0.299. The first-order valence-corrected chi connectivity index (χ1v) is 4.86. The van der Waals surface area contributed by atoms with Gasteiger partial charge in [-0.1, -0.05) is 11.6 Å². The summed E-state index contributed by atoms with van der Waals surface area (Å²) in [5.74, 6) is 0.190. The average molecular weight is 207 g/mol. The molecule has 12 heavy (non-hydrogen) atoms. The van der Waals surface area contributed by atoms with Crippen LogP contribution in [0.4, 0.5) is 4.39 Å². The first-order chi connectivity index (χ1) is 5.69. The molecule has 1 rings (SSSR count). The molecule has 0 aliphatic rings. The van der Waals surface area contributed by atoms with Crippen LogP contribution in [-0.2, 0) is 0 Å². The SMILES string of the molecule is COc1cc(SC)c(F)cc1Cl. The summed E-state index contributed by atoms with van der Waals surface area (Å²) in [5.41, 5.74) is 0. The zero-order chi connectivity index (χ0) is 9.14. The van der Waals surface area contributed by atoms with Crippen molar-refractivity contribution in [2.24, 2.45) is 0 Å². The van der Waals surface area contributed by atoms with Crippen molar-refractivity contribution in [3.63, 3.8) is 0 Å². The van der Waals surface area contributed by atoms with Crippen LogP contribution in [0.5, 0.6) is 5.75 Å². The lowest BCUT2D eigenvalue weighted by Gasteiger charge is -2.05. The minimum absolute atomic E-state index is 0.299. The van der Waals surface area contributed by atoms with Gasteiger partial charge in [0, 0.05) is 4.90 Å². The Labute approximate surface area is 79.9 Å². The molecule has 0 radical (unpaired) electrons. The van der Waals surface area contributed by atoms with Crippen LogP contribution < -0.4 is 4.74 Å². The van der Waals surface area contributed by atoms with E-state index in [1.165, 1.54) is 24.9 Å². The molecule has 0 saturated heterocycles. The Morgan fingerprint density at radius 1 is 1.50 bits per heavy atom. The van der Waals surface area contributed by atoms with Gasteiger partial charge in [-0.05, 0) is 18.4 Å². The third-order valence-corrected chi connectivity index (χ3v) is 2.47. The van der Waals surface area contributed by atoms with Crippen molar-refractivity contribution in [1.82, 2.24) is 0 Å². The van der Waals surface area contributed by atoms with E-state index in [0.29, 0.717) is 15.7 Å². The maximum Gasteiger partial charge on any atom is 0.138 e. The Bertz CT molecular complexity index is 265. The van der Waals surface area contributed by atoms with Crippen LogP contribution in [0, 0.1) is 5.82 Å². The van der Waals surface area contributed by atoms with Crippen LogP contribution >= 0.6 is 23.4 Å². The monoisotopic (exact) mass is 206 g/mol. The van der Waals surface area contributed by atoms with Crippen LogP contribution in [0.2, 0.25) is 5.02 Å². The fourth-order valence-electron chi connectivity index (χ4n) is 0.823. The lowest BCUT2D eigenvalue weighted by atomic mass is 10.3. The molecule has 66 valence electrons. The molecule has 1 nitrogen and oxygen atoms in total. The fourth-order valence-corrected chi connectivity index (χ4v) is 1.53. The summed E-state index contributed by atoms with van der Waals surface area (Å²) in [6, 6.07) is 2.84. The number of methoxy groups -OCH3 is 1. The molecule has 0 heterocycles. The second kappa shape index (κ2) is 4.01. The maximum absolute atomic E-state index is 13.0. The van der Waals surface area contributed by atoms with Crippen LogP contribution in [0.15, 0.2) is 17.0 Å². The van der Waals surface area contributed by atoms with E-state index in [0.717, 1.165) is 0 Å². The van der Waals surface area contributed by atoms with E-state index >= 15 is 0 Å². The largest absolute Gasteiger partial charge is 0.495 e. The van der Waals surface area contributed by atoms with Crippen molar-refractivity contribution in [2.45, 2.75) is 4.90 Å². The van der Waals surface area contributed by atoms with Crippen molar-refractivity contribution >= 4 is 23.4 Å². The lowest BCUT2D eigenvalue weighted by Crippen LogP contribution is -1.87. The van der Waals surface area contributed by atoms with Gasteiger partial charge in [0.1, 0.15) is 11.6 Å². The molecular formula is C8H8ClFOS. The number of rotatable bonds is 2. The second-order valence-electron chi connectivity index (χ2n) is 2.12. The molecule has 0 aliphatic heterocycles. The summed E-state index contributed by atoms with van der Waals surface area (Å²) in [7, 11) is 1.50. The van der Waals surface area contributed by atoms with Crippen molar-refractivity contribution in [3.05, 3.63) is 23.0 Å². The highest BCUT2D eigenvalue weighted by Gasteiger charge is 2.07. The number of benzene rings is 1. The molecule has 0 unspecified atom stereocenters. The summed E-state index contributed by atoms with van der Waals surface area (Å²) >= 11 is 7.00. The molecule has 0 atom stereocenters. The van der Waals surface area contributed by atoms with Gasteiger partial charge in [-0.25, -0.2) is 4.39 Å². The Hall–Kier alpha value is -0.410. The molecule has 1 aromatic carbocycles. The summed E-state index contributed by atoms with van der Waals surface area (Å²) in [6.45, 7) is 0. The van der Waals surface area contributed by atoms with Crippen molar-refractivity contribution in [1.29, 1.82) is 0 Å². The van der Waals surface area contributed by atoms with Gasteiger partial charge in [-0.3, -0.25) is 0 Å². The second-order valence-corrected chi connectivity index (χ2v) is 3.38. The quantitative estimate of drug-likeness (QED) is 0.688. The van der Waals surface area contributed by atoms with E-state index in [1.807, 2.05) is 0 Å². The lowest BCUT2D eigenvalue weighted by molar-refractivity contribution is 0.412. The highest BCUT2D eigenvalue weighted by molar-refractivity contribution is 7.98. The smallest absolute Gasteiger partial charge is 0.138 e. The average Bonchev–Trinajstić information content (AvgIpc) is 2.05. The first-order valence-electron chi connectivity index (χ1n) is 3.26. The Kier molecular flexibility index (Phi) is 3.23. The molecule has 1 aromatic rings. The zero-order valence-corrected chi connectivity index (χ0v) is 8.30. The molecule has 0 aliphatic carbocycles. The van der Waals surface area contributed by atoms with Gasteiger partial charge in [0.2, 0.25) is 0 Å². The molecular weight excluding hydrogens is 199 g/mol. The maximum atomic E-state index is 13.0. The topological polar surface area (TPSA) is 9.23 Å². The van der Waals surface area contributed by atoms with Crippen LogP contribution in [0.1, 0.15) is 0 Å². The van der Waals surface area contributed by atoms with Crippen LogP contribution in [-0.4, -0.2) is 13.4 Å².